The first-order valence-corrected chi connectivity index (χ1v) is 11.3. The van der Waals surface area contributed by atoms with E-state index in [0.717, 1.165) is 66.3 Å². The number of hydrogen-bond donors (Lipinski definition) is 2. The summed E-state index contributed by atoms with van der Waals surface area (Å²) in [6.45, 7) is 7.40. The van der Waals surface area contributed by atoms with Crippen molar-refractivity contribution in [3.63, 3.8) is 0 Å². The van der Waals surface area contributed by atoms with Crippen LogP contribution in [0.15, 0.2) is 61.1 Å². The Morgan fingerprint density at radius 1 is 1.09 bits per heavy atom. The molecule has 5 rings (SSSR count). The molecule has 1 aliphatic rings. The molecule has 0 unspecified atom stereocenters. The number of pyridine rings is 1. The van der Waals surface area contributed by atoms with E-state index < -0.39 is 0 Å². The van der Waals surface area contributed by atoms with Crippen LogP contribution in [-0.2, 0) is 6.54 Å². The zero-order chi connectivity index (χ0) is 22.8. The van der Waals surface area contributed by atoms with E-state index in [9.17, 15) is 5.26 Å². The molecule has 0 radical (unpaired) electrons. The second-order valence-corrected chi connectivity index (χ2v) is 8.80. The molecular weight excluding hydrogens is 408 g/mol. The number of anilines is 2. The molecule has 2 aromatic carbocycles. The molecule has 33 heavy (non-hydrogen) atoms. The first-order valence-electron chi connectivity index (χ1n) is 11.3. The summed E-state index contributed by atoms with van der Waals surface area (Å²) in [4.78, 5) is 12.5. The predicted molar refractivity (Wildman–Crippen MR) is 133 cm³/mol. The number of nitriles is 1. The van der Waals surface area contributed by atoms with Gasteiger partial charge in [0.15, 0.2) is 0 Å². The number of fused-ring (bicyclic) bond motifs is 1. The van der Waals surface area contributed by atoms with Crippen molar-refractivity contribution in [1.82, 2.24) is 19.8 Å². The lowest BCUT2D eigenvalue weighted by atomic mass is 10.00. The van der Waals surface area contributed by atoms with Crippen molar-refractivity contribution in [2.75, 3.05) is 38.5 Å². The third-order valence-corrected chi connectivity index (χ3v) is 6.57. The van der Waals surface area contributed by atoms with Crippen molar-refractivity contribution in [2.24, 2.45) is 0 Å². The minimum atomic E-state index is 0.533. The molecule has 0 saturated carbocycles. The molecule has 0 spiro atoms. The molecule has 6 nitrogen and oxygen atoms in total. The smallest absolute Gasteiger partial charge is 0.103 e. The van der Waals surface area contributed by atoms with Crippen LogP contribution in [0.1, 0.15) is 16.7 Å². The number of hydrogen-bond acceptors (Lipinski definition) is 5. The summed E-state index contributed by atoms with van der Waals surface area (Å²) in [5.74, 6) is 0. The molecule has 3 heterocycles. The van der Waals surface area contributed by atoms with Gasteiger partial charge in [-0.25, -0.2) is 0 Å². The summed E-state index contributed by atoms with van der Waals surface area (Å²) < 4.78 is 0. The minimum Gasteiger partial charge on any atom is -0.361 e. The summed E-state index contributed by atoms with van der Waals surface area (Å²) in [5, 5.41) is 14.5. The van der Waals surface area contributed by atoms with Crippen LogP contribution in [-0.4, -0.2) is 53.0 Å². The summed E-state index contributed by atoms with van der Waals surface area (Å²) in [5.41, 5.74) is 7.83. The van der Waals surface area contributed by atoms with E-state index in [2.05, 4.69) is 87.6 Å². The summed E-state index contributed by atoms with van der Waals surface area (Å²) in [6, 6.07) is 17.1. The zero-order valence-corrected chi connectivity index (χ0v) is 19.1. The van der Waals surface area contributed by atoms with Crippen molar-refractivity contribution in [3.8, 4) is 17.2 Å². The Morgan fingerprint density at radius 3 is 2.76 bits per heavy atom. The Morgan fingerprint density at radius 2 is 1.94 bits per heavy atom. The van der Waals surface area contributed by atoms with E-state index in [-0.39, 0.29) is 0 Å². The SMILES string of the molecule is Cc1c(Nc2c(C#N)cncc2-c2cccc(CN3CCN(C)CC3)c2)ccc2[nH]ccc12. The second kappa shape index (κ2) is 9.07. The third-order valence-electron chi connectivity index (χ3n) is 6.57. The van der Waals surface area contributed by atoms with E-state index in [4.69, 9.17) is 0 Å². The van der Waals surface area contributed by atoms with Crippen LogP contribution in [0.3, 0.4) is 0 Å². The van der Waals surface area contributed by atoms with Gasteiger partial charge in [-0.1, -0.05) is 18.2 Å². The minimum absolute atomic E-state index is 0.533. The second-order valence-electron chi connectivity index (χ2n) is 8.80. The van der Waals surface area contributed by atoms with Gasteiger partial charge in [-0.15, -0.1) is 0 Å². The average Bonchev–Trinajstić information content (AvgIpc) is 3.32. The highest BCUT2D eigenvalue weighted by molar-refractivity contribution is 5.91. The molecule has 2 N–H and O–H groups in total. The molecular formula is C27H28N6. The van der Waals surface area contributed by atoms with Gasteiger partial charge in [0, 0.05) is 73.5 Å². The molecule has 2 aromatic heterocycles. The van der Waals surface area contributed by atoms with Crippen LogP contribution in [0, 0.1) is 18.3 Å². The van der Waals surface area contributed by atoms with Gasteiger partial charge in [0.1, 0.15) is 6.07 Å². The van der Waals surface area contributed by atoms with Crippen LogP contribution in [0.25, 0.3) is 22.0 Å². The van der Waals surface area contributed by atoms with Crippen molar-refractivity contribution >= 4 is 22.3 Å². The number of nitrogens with zero attached hydrogens (tertiary/aromatic N) is 4. The normalized spacial score (nSPS) is 14.9. The fraction of sp³-hybridized carbons (Fsp3) is 0.259. The van der Waals surface area contributed by atoms with Crippen LogP contribution in [0.4, 0.5) is 11.4 Å². The zero-order valence-electron chi connectivity index (χ0n) is 19.1. The maximum Gasteiger partial charge on any atom is 0.103 e. The Kier molecular flexibility index (Phi) is 5.82. The van der Waals surface area contributed by atoms with Gasteiger partial charge in [0.2, 0.25) is 0 Å². The lowest BCUT2D eigenvalue weighted by Crippen LogP contribution is -2.43. The first kappa shape index (κ1) is 21.2. The number of likely N-dealkylation sites (N-methyl/N-ethyl adjacent to an activating group) is 1. The lowest BCUT2D eigenvalue weighted by molar-refractivity contribution is 0.148. The molecule has 0 atom stereocenters. The van der Waals surface area contributed by atoms with Crippen molar-refractivity contribution in [1.29, 1.82) is 5.26 Å². The Labute approximate surface area is 194 Å². The van der Waals surface area contributed by atoms with Crippen molar-refractivity contribution in [3.05, 3.63) is 77.7 Å². The van der Waals surface area contributed by atoms with Crippen molar-refractivity contribution in [2.45, 2.75) is 13.5 Å². The van der Waals surface area contributed by atoms with Crippen LogP contribution >= 0.6 is 0 Å². The molecule has 1 aliphatic heterocycles. The molecule has 0 bridgehead atoms. The number of benzene rings is 2. The number of piperazine rings is 1. The molecule has 1 saturated heterocycles. The van der Waals surface area contributed by atoms with Gasteiger partial charge in [0.05, 0.1) is 11.3 Å². The van der Waals surface area contributed by atoms with Gasteiger partial charge in [-0.3, -0.25) is 9.88 Å². The number of aromatic nitrogens is 2. The number of H-pyrrole nitrogens is 1. The summed E-state index contributed by atoms with van der Waals surface area (Å²) in [7, 11) is 2.18. The van der Waals surface area contributed by atoms with Gasteiger partial charge in [0.25, 0.3) is 0 Å². The molecule has 0 amide bonds. The summed E-state index contributed by atoms with van der Waals surface area (Å²) >= 11 is 0. The molecule has 6 heteroatoms. The van der Waals surface area contributed by atoms with Crippen molar-refractivity contribution < 1.29 is 0 Å². The van der Waals surface area contributed by atoms with Gasteiger partial charge >= 0.3 is 0 Å². The fourth-order valence-corrected chi connectivity index (χ4v) is 4.55. The van der Waals surface area contributed by atoms with Gasteiger partial charge < -0.3 is 15.2 Å². The van der Waals surface area contributed by atoms with E-state index in [1.54, 1.807) is 6.20 Å². The quantitative estimate of drug-likeness (QED) is 0.466. The Bertz CT molecular complexity index is 1320. The fourth-order valence-electron chi connectivity index (χ4n) is 4.55. The van der Waals surface area contributed by atoms with Crippen LogP contribution < -0.4 is 5.32 Å². The number of rotatable bonds is 5. The lowest BCUT2D eigenvalue weighted by Gasteiger charge is -2.32. The van der Waals surface area contributed by atoms with Gasteiger partial charge in [-0.05, 0) is 54.9 Å². The van der Waals surface area contributed by atoms with Crippen LogP contribution in [0.5, 0.6) is 0 Å². The Balaban J connectivity index is 1.49. The first-order chi connectivity index (χ1) is 16.1. The molecule has 0 aliphatic carbocycles. The molecule has 166 valence electrons. The van der Waals surface area contributed by atoms with E-state index in [0.29, 0.717) is 5.56 Å². The van der Waals surface area contributed by atoms with E-state index in [1.807, 2.05) is 12.4 Å². The predicted octanol–water partition coefficient (Wildman–Crippen LogP) is 4.90. The topological polar surface area (TPSA) is 71.0 Å². The maximum atomic E-state index is 9.82. The van der Waals surface area contributed by atoms with E-state index in [1.165, 1.54) is 10.9 Å². The number of nitrogens with one attached hydrogen (secondary N) is 2. The molecule has 1 fully saturated rings. The van der Waals surface area contributed by atoms with Gasteiger partial charge in [-0.2, -0.15) is 5.26 Å². The largest absolute Gasteiger partial charge is 0.361 e. The number of aryl methyl sites for hydroxylation is 1. The maximum absolute atomic E-state index is 9.82. The third kappa shape index (κ3) is 4.34. The average molecular weight is 437 g/mol. The number of aromatic amines is 1. The molecule has 4 aromatic rings. The highest BCUT2D eigenvalue weighted by atomic mass is 15.2. The monoisotopic (exact) mass is 436 g/mol. The Hall–Kier alpha value is -3.66. The highest BCUT2D eigenvalue weighted by Crippen LogP contribution is 2.35. The highest BCUT2D eigenvalue weighted by Gasteiger charge is 2.16. The van der Waals surface area contributed by atoms with E-state index >= 15 is 0 Å². The standard InChI is InChI=1S/C27H28N6/c1-19-23-8-9-30-26(23)7-6-25(19)31-27-22(15-28)16-29-17-24(27)21-5-3-4-20(14-21)18-33-12-10-32(2)11-13-33/h3-9,14,16-17,30H,10-13,18H2,1-2H3,(H,29,31). The van der Waals surface area contributed by atoms with Crippen LogP contribution in [0.2, 0.25) is 0 Å². The summed E-state index contributed by atoms with van der Waals surface area (Å²) in [6.07, 6.45) is 5.43.